The van der Waals surface area contributed by atoms with Gasteiger partial charge >= 0.3 is 0 Å². The van der Waals surface area contributed by atoms with E-state index in [0.717, 1.165) is 19.3 Å². The minimum Gasteiger partial charge on any atom is -0.395 e. The molecule has 1 spiro atoms. The fourth-order valence-electron chi connectivity index (χ4n) is 4.01. The Morgan fingerprint density at radius 1 is 1.24 bits per heavy atom. The summed E-state index contributed by atoms with van der Waals surface area (Å²) in [5, 5.41) is 18.0. The van der Waals surface area contributed by atoms with Gasteiger partial charge in [0.2, 0.25) is 5.91 Å². The van der Waals surface area contributed by atoms with Crippen molar-refractivity contribution >= 4 is 11.8 Å². The summed E-state index contributed by atoms with van der Waals surface area (Å²) in [4.78, 5) is 28.4. The van der Waals surface area contributed by atoms with Crippen LogP contribution in [0.5, 0.6) is 0 Å². The molecule has 2 saturated heterocycles. The highest BCUT2D eigenvalue weighted by atomic mass is 16.3. The molecule has 2 fully saturated rings. The summed E-state index contributed by atoms with van der Waals surface area (Å²) in [5.41, 5.74) is 1.07. The molecule has 6 heteroatoms. The zero-order valence-corrected chi connectivity index (χ0v) is 14.3. The minimum atomic E-state index is -0.0659. The van der Waals surface area contributed by atoms with Gasteiger partial charge in [-0.15, -0.1) is 0 Å². The lowest BCUT2D eigenvalue weighted by Crippen LogP contribution is -2.55. The fraction of sp³-hybridized carbons (Fsp3) is 0.526. The SMILES string of the molecule is N#Cc1ccc(C(=O)N2CCC[C@]3(CCC(=O)N(CCO)C3)C2)cc1. The Bertz CT molecular complexity index is 695. The standard InChI is InChI=1S/C19H23N3O3/c20-12-15-2-4-16(5-3-15)18(25)22-9-1-7-19(14-22)8-6-17(24)21(13-19)10-11-23/h2-5,23H,1,6-11,13-14H2/t19-/m1/s1. The van der Waals surface area contributed by atoms with E-state index >= 15 is 0 Å². The number of aliphatic hydroxyl groups is 1. The van der Waals surface area contributed by atoms with E-state index in [1.165, 1.54) is 0 Å². The number of hydrogen-bond donors (Lipinski definition) is 1. The summed E-state index contributed by atoms with van der Waals surface area (Å²) in [7, 11) is 0. The van der Waals surface area contributed by atoms with Crippen molar-refractivity contribution in [2.45, 2.75) is 25.7 Å². The van der Waals surface area contributed by atoms with Crippen LogP contribution in [0, 0.1) is 16.7 Å². The van der Waals surface area contributed by atoms with Crippen LogP contribution in [0.25, 0.3) is 0 Å². The van der Waals surface area contributed by atoms with Crippen LogP contribution < -0.4 is 0 Å². The van der Waals surface area contributed by atoms with E-state index in [1.54, 1.807) is 29.2 Å². The highest BCUT2D eigenvalue weighted by Gasteiger charge is 2.42. The first-order valence-electron chi connectivity index (χ1n) is 8.75. The number of benzene rings is 1. The first kappa shape index (κ1) is 17.4. The molecule has 0 unspecified atom stereocenters. The molecule has 1 aromatic rings. The molecule has 2 heterocycles. The molecule has 0 aromatic heterocycles. The van der Waals surface area contributed by atoms with Crippen molar-refractivity contribution in [3.05, 3.63) is 35.4 Å². The van der Waals surface area contributed by atoms with Gasteiger partial charge < -0.3 is 14.9 Å². The van der Waals surface area contributed by atoms with Gasteiger partial charge in [0.05, 0.1) is 18.2 Å². The van der Waals surface area contributed by atoms with Crippen LogP contribution in [0.1, 0.15) is 41.6 Å². The number of hydrogen-bond acceptors (Lipinski definition) is 4. The largest absolute Gasteiger partial charge is 0.395 e. The third kappa shape index (κ3) is 3.67. The average molecular weight is 341 g/mol. The van der Waals surface area contributed by atoms with E-state index in [9.17, 15) is 14.7 Å². The lowest BCUT2D eigenvalue weighted by molar-refractivity contribution is -0.139. The Hall–Kier alpha value is -2.39. The van der Waals surface area contributed by atoms with Gasteiger partial charge in [-0.3, -0.25) is 9.59 Å². The molecule has 0 aliphatic carbocycles. The van der Waals surface area contributed by atoms with Gasteiger partial charge in [0.15, 0.2) is 0 Å². The van der Waals surface area contributed by atoms with Gasteiger partial charge in [-0.1, -0.05) is 0 Å². The molecule has 2 aliphatic rings. The molecule has 2 amide bonds. The molecule has 1 aromatic carbocycles. The Labute approximate surface area is 147 Å². The second kappa shape index (κ2) is 7.24. The van der Waals surface area contributed by atoms with Crippen molar-refractivity contribution in [2.75, 3.05) is 32.8 Å². The van der Waals surface area contributed by atoms with Crippen LogP contribution in [0.3, 0.4) is 0 Å². The number of aliphatic hydroxyl groups excluding tert-OH is 1. The number of nitrogens with zero attached hydrogens (tertiary/aromatic N) is 3. The fourth-order valence-corrected chi connectivity index (χ4v) is 4.01. The monoisotopic (exact) mass is 341 g/mol. The van der Waals surface area contributed by atoms with Crippen molar-refractivity contribution < 1.29 is 14.7 Å². The lowest BCUT2D eigenvalue weighted by atomic mass is 9.73. The van der Waals surface area contributed by atoms with Gasteiger partial charge in [-0.05, 0) is 43.5 Å². The maximum Gasteiger partial charge on any atom is 0.253 e. The Morgan fingerprint density at radius 3 is 2.68 bits per heavy atom. The molecule has 25 heavy (non-hydrogen) atoms. The topological polar surface area (TPSA) is 84.6 Å². The molecular weight excluding hydrogens is 318 g/mol. The highest BCUT2D eigenvalue weighted by molar-refractivity contribution is 5.94. The molecule has 0 radical (unpaired) electrons. The smallest absolute Gasteiger partial charge is 0.253 e. The summed E-state index contributed by atoms with van der Waals surface area (Å²) in [6.07, 6.45) is 3.20. The molecule has 1 atom stereocenters. The number of nitriles is 1. The van der Waals surface area contributed by atoms with Crippen molar-refractivity contribution in [3.8, 4) is 6.07 Å². The Balaban J connectivity index is 1.72. The molecule has 1 N–H and O–H groups in total. The quantitative estimate of drug-likeness (QED) is 0.900. The number of carbonyl (C=O) groups is 2. The number of rotatable bonds is 3. The van der Waals surface area contributed by atoms with Crippen molar-refractivity contribution in [3.63, 3.8) is 0 Å². The van der Waals surface area contributed by atoms with Gasteiger partial charge in [0.1, 0.15) is 0 Å². The average Bonchev–Trinajstić information content (AvgIpc) is 2.65. The zero-order valence-electron chi connectivity index (χ0n) is 14.3. The van der Waals surface area contributed by atoms with Crippen molar-refractivity contribution in [1.29, 1.82) is 5.26 Å². The van der Waals surface area contributed by atoms with Crippen LogP contribution in [0.15, 0.2) is 24.3 Å². The second-order valence-corrected chi connectivity index (χ2v) is 7.06. The summed E-state index contributed by atoms with van der Waals surface area (Å²) >= 11 is 0. The van der Waals surface area contributed by atoms with Gasteiger partial charge in [-0.2, -0.15) is 5.26 Å². The molecule has 0 bridgehead atoms. The number of piperidine rings is 2. The maximum absolute atomic E-state index is 12.8. The first-order valence-corrected chi connectivity index (χ1v) is 8.75. The van der Waals surface area contributed by atoms with E-state index in [0.29, 0.717) is 43.7 Å². The number of β-amino-alcohol motifs (C(OH)–C–C–N with tert-alkyl or cyclic N) is 1. The van der Waals surface area contributed by atoms with E-state index < -0.39 is 0 Å². The van der Waals surface area contributed by atoms with Crippen LogP contribution in [-0.4, -0.2) is 59.5 Å². The normalized spacial score (nSPS) is 23.6. The summed E-state index contributed by atoms with van der Waals surface area (Å²) in [6.45, 7) is 2.30. The lowest BCUT2D eigenvalue weighted by Gasteiger charge is -2.48. The molecule has 132 valence electrons. The highest BCUT2D eigenvalue weighted by Crippen LogP contribution is 2.39. The predicted octanol–water partition coefficient (Wildman–Crippen LogP) is 1.40. The van der Waals surface area contributed by atoms with E-state index in [1.807, 2.05) is 4.90 Å². The van der Waals surface area contributed by atoms with Crippen LogP contribution >= 0.6 is 0 Å². The zero-order chi connectivity index (χ0) is 17.9. The van der Waals surface area contributed by atoms with Gasteiger partial charge in [0.25, 0.3) is 5.91 Å². The molecule has 0 saturated carbocycles. The summed E-state index contributed by atoms with van der Waals surface area (Å²) in [6, 6.07) is 8.78. The van der Waals surface area contributed by atoms with Crippen molar-refractivity contribution in [1.82, 2.24) is 9.80 Å². The first-order chi connectivity index (χ1) is 12.1. The Kier molecular flexibility index (Phi) is 5.05. The van der Waals surface area contributed by atoms with E-state index in [-0.39, 0.29) is 23.8 Å². The summed E-state index contributed by atoms with van der Waals surface area (Å²) < 4.78 is 0. The van der Waals surface area contributed by atoms with E-state index in [2.05, 4.69) is 6.07 Å². The molecule has 6 nitrogen and oxygen atoms in total. The predicted molar refractivity (Wildman–Crippen MR) is 91.6 cm³/mol. The molecular formula is C19H23N3O3. The number of carbonyl (C=O) groups excluding carboxylic acids is 2. The van der Waals surface area contributed by atoms with Gasteiger partial charge in [0, 0.05) is 43.6 Å². The Morgan fingerprint density at radius 2 is 2.00 bits per heavy atom. The van der Waals surface area contributed by atoms with Crippen LogP contribution in [0.2, 0.25) is 0 Å². The number of amides is 2. The third-order valence-corrected chi connectivity index (χ3v) is 5.33. The minimum absolute atomic E-state index is 0.0193. The maximum atomic E-state index is 12.8. The number of likely N-dealkylation sites (tertiary alicyclic amines) is 2. The molecule has 3 rings (SSSR count). The van der Waals surface area contributed by atoms with Gasteiger partial charge in [-0.25, -0.2) is 0 Å². The van der Waals surface area contributed by atoms with Crippen LogP contribution in [-0.2, 0) is 4.79 Å². The van der Waals surface area contributed by atoms with Crippen LogP contribution in [0.4, 0.5) is 0 Å². The van der Waals surface area contributed by atoms with E-state index in [4.69, 9.17) is 5.26 Å². The molecule has 2 aliphatic heterocycles. The summed E-state index contributed by atoms with van der Waals surface area (Å²) in [5.74, 6) is 0.0735. The second-order valence-electron chi connectivity index (χ2n) is 7.06. The third-order valence-electron chi connectivity index (χ3n) is 5.33. The van der Waals surface area contributed by atoms with Crippen molar-refractivity contribution in [2.24, 2.45) is 5.41 Å².